The van der Waals surface area contributed by atoms with Gasteiger partial charge in [-0.05, 0) is 42.0 Å². The fourth-order valence-electron chi connectivity index (χ4n) is 4.29. The molecule has 1 aliphatic heterocycles. The van der Waals surface area contributed by atoms with E-state index in [0.29, 0.717) is 11.6 Å². The molecule has 0 saturated carbocycles. The van der Waals surface area contributed by atoms with Gasteiger partial charge in [-0.15, -0.1) is 10.2 Å². The molecule has 0 spiro atoms. The first-order valence-corrected chi connectivity index (χ1v) is 13.4. The number of para-hydroxylation sites is 3. The summed E-state index contributed by atoms with van der Waals surface area (Å²) in [6, 6.07) is 36.4. The van der Waals surface area contributed by atoms with Gasteiger partial charge in [0.1, 0.15) is 5.82 Å². The fraction of sp³-hybridized carbons (Fsp3) is 0.0690. The van der Waals surface area contributed by atoms with Gasteiger partial charge < -0.3 is 0 Å². The van der Waals surface area contributed by atoms with E-state index in [2.05, 4.69) is 39.0 Å². The molecule has 4 aromatic carbocycles. The molecule has 36 heavy (non-hydrogen) atoms. The van der Waals surface area contributed by atoms with Crippen LogP contribution in [0.25, 0.3) is 5.69 Å². The first kappa shape index (κ1) is 22.6. The number of fused-ring (bicyclic) bond motifs is 2. The highest BCUT2D eigenvalue weighted by Gasteiger charge is 2.28. The van der Waals surface area contributed by atoms with Gasteiger partial charge in [-0.2, -0.15) is 0 Å². The zero-order valence-corrected chi connectivity index (χ0v) is 21.0. The van der Waals surface area contributed by atoms with Crippen molar-refractivity contribution in [1.82, 2.24) is 14.8 Å². The number of anilines is 2. The van der Waals surface area contributed by atoms with Crippen LogP contribution < -0.4 is 4.90 Å². The largest absolute Gasteiger partial charge is 0.278 e. The highest BCUT2D eigenvalue weighted by molar-refractivity contribution is 8.00. The van der Waals surface area contributed by atoms with Crippen molar-refractivity contribution in [3.8, 4) is 5.69 Å². The number of nitrogens with zero attached hydrogens (tertiary/aromatic N) is 4. The van der Waals surface area contributed by atoms with Crippen molar-refractivity contribution in [1.29, 1.82) is 0 Å². The van der Waals surface area contributed by atoms with E-state index in [0.717, 1.165) is 38.2 Å². The summed E-state index contributed by atoms with van der Waals surface area (Å²) in [6.45, 7) is 0. The second-order valence-corrected chi connectivity index (χ2v) is 10.3. The predicted octanol–water partition coefficient (Wildman–Crippen LogP) is 6.78. The standard InChI is InChI=1S/C29H22N4OS2/c34-28(33-23-15-7-9-17-25(23)36-26-18-10-8-16-24(26)33)20-35-29-31-30-27(19-21-11-3-1-4-12-21)32(29)22-13-5-2-6-14-22/h1-18H,19-20H2. The second kappa shape index (κ2) is 10.0. The Labute approximate surface area is 218 Å². The first-order chi connectivity index (χ1) is 17.8. The van der Waals surface area contributed by atoms with Crippen molar-refractivity contribution in [3.63, 3.8) is 0 Å². The van der Waals surface area contributed by atoms with E-state index in [4.69, 9.17) is 0 Å². The van der Waals surface area contributed by atoms with Gasteiger partial charge in [0, 0.05) is 21.9 Å². The summed E-state index contributed by atoms with van der Waals surface area (Å²) >= 11 is 3.11. The number of amides is 1. The van der Waals surface area contributed by atoms with Gasteiger partial charge >= 0.3 is 0 Å². The van der Waals surface area contributed by atoms with Crippen molar-refractivity contribution in [2.45, 2.75) is 21.4 Å². The third-order valence-corrected chi connectivity index (χ3v) is 7.97. The monoisotopic (exact) mass is 506 g/mol. The number of carbonyl (C=O) groups is 1. The summed E-state index contributed by atoms with van der Waals surface area (Å²) in [7, 11) is 0. The van der Waals surface area contributed by atoms with E-state index in [1.54, 1.807) is 11.8 Å². The van der Waals surface area contributed by atoms with Crippen molar-refractivity contribution in [3.05, 3.63) is 121 Å². The van der Waals surface area contributed by atoms with Crippen molar-refractivity contribution >= 4 is 40.8 Å². The minimum absolute atomic E-state index is 0.00687. The lowest BCUT2D eigenvalue weighted by Crippen LogP contribution is -2.30. The van der Waals surface area contributed by atoms with Gasteiger partial charge in [-0.1, -0.05) is 96.3 Å². The Bertz CT molecular complexity index is 1470. The summed E-state index contributed by atoms with van der Waals surface area (Å²) in [5, 5.41) is 9.71. The smallest absolute Gasteiger partial charge is 0.242 e. The summed E-state index contributed by atoms with van der Waals surface area (Å²) in [5.41, 5.74) is 3.98. The lowest BCUT2D eigenvalue weighted by Gasteiger charge is -2.30. The van der Waals surface area contributed by atoms with E-state index >= 15 is 0 Å². The molecule has 176 valence electrons. The van der Waals surface area contributed by atoms with E-state index in [1.165, 1.54) is 11.8 Å². The Balaban J connectivity index is 1.31. The molecule has 7 heteroatoms. The van der Waals surface area contributed by atoms with Crippen LogP contribution in [0.3, 0.4) is 0 Å². The minimum atomic E-state index is 0.00687. The Kier molecular flexibility index (Phi) is 6.32. The molecule has 0 unspecified atom stereocenters. The maximum atomic E-state index is 13.7. The maximum absolute atomic E-state index is 13.7. The molecule has 0 bridgehead atoms. The van der Waals surface area contributed by atoms with Crippen LogP contribution in [0.5, 0.6) is 0 Å². The van der Waals surface area contributed by atoms with Gasteiger partial charge in [-0.3, -0.25) is 14.3 Å². The van der Waals surface area contributed by atoms with Gasteiger partial charge in [-0.25, -0.2) is 0 Å². The van der Waals surface area contributed by atoms with Gasteiger partial charge in [0.05, 0.1) is 17.1 Å². The van der Waals surface area contributed by atoms with Crippen molar-refractivity contribution in [2.75, 3.05) is 10.7 Å². The van der Waals surface area contributed by atoms with Crippen LogP contribution in [-0.2, 0) is 11.2 Å². The number of thioether (sulfide) groups is 1. The number of aromatic nitrogens is 3. The predicted molar refractivity (Wildman–Crippen MR) is 145 cm³/mol. The molecule has 0 fully saturated rings. The third kappa shape index (κ3) is 4.43. The van der Waals surface area contributed by atoms with Crippen LogP contribution >= 0.6 is 23.5 Å². The molecule has 5 nitrogen and oxygen atoms in total. The molecule has 0 radical (unpaired) electrons. The average Bonchev–Trinajstić information content (AvgIpc) is 3.33. The molecule has 2 heterocycles. The third-order valence-electron chi connectivity index (χ3n) is 5.93. The molecular formula is C29H22N4OS2. The zero-order chi connectivity index (χ0) is 24.3. The lowest BCUT2D eigenvalue weighted by atomic mass is 10.1. The van der Waals surface area contributed by atoms with E-state index in [1.807, 2.05) is 89.8 Å². The molecule has 0 saturated heterocycles. The SMILES string of the molecule is O=C(CSc1nnc(Cc2ccccc2)n1-c1ccccc1)N1c2ccccc2Sc2ccccc21. The van der Waals surface area contributed by atoms with Crippen LogP contribution in [0.1, 0.15) is 11.4 Å². The van der Waals surface area contributed by atoms with Gasteiger partial charge in [0.15, 0.2) is 5.16 Å². The Hall–Kier alpha value is -3.81. The Morgan fingerprint density at radius 3 is 1.97 bits per heavy atom. The minimum Gasteiger partial charge on any atom is -0.278 e. The van der Waals surface area contributed by atoms with Crippen LogP contribution in [0.2, 0.25) is 0 Å². The molecule has 0 N–H and O–H groups in total. The van der Waals surface area contributed by atoms with Crippen LogP contribution in [0.4, 0.5) is 11.4 Å². The summed E-state index contributed by atoms with van der Waals surface area (Å²) < 4.78 is 2.05. The normalized spacial score (nSPS) is 12.2. The van der Waals surface area contributed by atoms with Gasteiger partial charge in [0.25, 0.3) is 0 Å². The van der Waals surface area contributed by atoms with Crippen molar-refractivity contribution in [2.24, 2.45) is 0 Å². The number of rotatable bonds is 6. The summed E-state index contributed by atoms with van der Waals surface area (Å²) in [4.78, 5) is 17.7. The highest BCUT2D eigenvalue weighted by atomic mass is 32.2. The number of hydrogen-bond acceptors (Lipinski definition) is 5. The lowest BCUT2D eigenvalue weighted by molar-refractivity contribution is -0.115. The quantitative estimate of drug-likeness (QED) is 0.238. The van der Waals surface area contributed by atoms with E-state index < -0.39 is 0 Å². The summed E-state index contributed by atoms with van der Waals surface area (Å²) in [5.74, 6) is 1.09. The topological polar surface area (TPSA) is 51.0 Å². The molecule has 0 atom stereocenters. The molecule has 5 aromatic rings. The molecule has 1 aromatic heterocycles. The molecule has 6 rings (SSSR count). The number of hydrogen-bond donors (Lipinski definition) is 0. The molecular weight excluding hydrogens is 484 g/mol. The van der Waals surface area contributed by atoms with Crippen LogP contribution in [0, 0.1) is 0 Å². The molecule has 1 aliphatic rings. The number of carbonyl (C=O) groups excluding carboxylic acids is 1. The molecule has 0 aliphatic carbocycles. The second-order valence-electron chi connectivity index (χ2n) is 8.29. The highest BCUT2D eigenvalue weighted by Crippen LogP contribution is 2.48. The van der Waals surface area contributed by atoms with Crippen LogP contribution in [-0.4, -0.2) is 26.4 Å². The Morgan fingerprint density at radius 1 is 0.722 bits per heavy atom. The van der Waals surface area contributed by atoms with E-state index in [9.17, 15) is 4.79 Å². The number of benzene rings is 4. The van der Waals surface area contributed by atoms with Gasteiger partial charge in [0.2, 0.25) is 5.91 Å². The first-order valence-electron chi connectivity index (χ1n) is 11.6. The van der Waals surface area contributed by atoms with Crippen LogP contribution in [0.15, 0.2) is 124 Å². The molecule has 1 amide bonds. The average molecular weight is 507 g/mol. The summed E-state index contributed by atoms with van der Waals surface area (Å²) in [6.07, 6.45) is 0.654. The van der Waals surface area contributed by atoms with E-state index in [-0.39, 0.29) is 11.7 Å². The zero-order valence-electron chi connectivity index (χ0n) is 19.3. The van der Waals surface area contributed by atoms with Crippen molar-refractivity contribution < 1.29 is 4.79 Å². The Morgan fingerprint density at radius 2 is 1.31 bits per heavy atom. The fourth-order valence-corrected chi connectivity index (χ4v) is 6.17. The maximum Gasteiger partial charge on any atom is 0.242 e.